The van der Waals surface area contributed by atoms with Crippen molar-refractivity contribution in [2.45, 2.75) is 32.4 Å². The summed E-state index contributed by atoms with van der Waals surface area (Å²) in [6.45, 7) is 3.44. The van der Waals surface area contributed by atoms with Gasteiger partial charge >= 0.3 is 0 Å². The fourth-order valence-corrected chi connectivity index (χ4v) is 4.22. The van der Waals surface area contributed by atoms with E-state index < -0.39 is 10.0 Å². The number of hydrogen-bond donors (Lipinski definition) is 1. The van der Waals surface area contributed by atoms with Gasteiger partial charge in [-0.2, -0.15) is 0 Å². The van der Waals surface area contributed by atoms with E-state index in [0.29, 0.717) is 25.4 Å². The number of amides is 1. The summed E-state index contributed by atoms with van der Waals surface area (Å²) in [5.41, 5.74) is 0. The number of hydrogen-bond acceptors (Lipinski definition) is 5. The van der Waals surface area contributed by atoms with Gasteiger partial charge in [-0.25, -0.2) is 18.1 Å². The van der Waals surface area contributed by atoms with Crippen molar-refractivity contribution in [1.29, 1.82) is 0 Å². The number of nitrogens with one attached hydrogen (secondary N) is 1. The molecule has 3 heterocycles. The average Bonchev–Trinajstić information content (AvgIpc) is 3.28. The number of aromatic nitrogens is 2. The van der Waals surface area contributed by atoms with Gasteiger partial charge in [0.1, 0.15) is 5.76 Å². The molecule has 2 atom stereocenters. The van der Waals surface area contributed by atoms with Gasteiger partial charge in [-0.3, -0.25) is 4.79 Å². The molecule has 1 fully saturated rings. The lowest BCUT2D eigenvalue weighted by Gasteiger charge is -2.17. The molecule has 0 radical (unpaired) electrons. The van der Waals surface area contributed by atoms with Crippen LogP contribution >= 0.6 is 0 Å². The van der Waals surface area contributed by atoms with Gasteiger partial charge < -0.3 is 13.9 Å². The first-order valence-corrected chi connectivity index (χ1v) is 10.6. The predicted molar refractivity (Wildman–Crippen MR) is 96.1 cm³/mol. The van der Waals surface area contributed by atoms with E-state index in [1.807, 2.05) is 10.8 Å². The van der Waals surface area contributed by atoms with E-state index >= 15 is 0 Å². The Balaban J connectivity index is 1.68. The zero-order chi connectivity index (χ0) is 18.7. The molecule has 3 rings (SSSR count). The number of likely N-dealkylation sites (tertiary alicyclic amines) is 1. The monoisotopic (exact) mass is 380 g/mol. The first-order chi connectivity index (χ1) is 12.4. The van der Waals surface area contributed by atoms with Crippen LogP contribution in [0.5, 0.6) is 0 Å². The summed E-state index contributed by atoms with van der Waals surface area (Å²) < 4.78 is 33.4. The van der Waals surface area contributed by atoms with E-state index in [9.17, 15) is 13.2 Å². The molecule has 1 aliphatic rings. The molecule has 1 aliphatic heterocycles. The summed E-state index contributed by atoms with van der Waals surface area (Å²) in [7, 11) is -3.32. The van der Waals surface area contributed by atoms with Gasteiger partial charge in [-0.05, 0) is 24.5 Å². The highest BCUT2D eigenvalue weighted by atomic mass is 32.2. The molecule has 0 aromatic carbocycles. The number of carbonyl (C=O) groups excluding carboxylic acids is 1. The van der Waals surface area contributed by atoms with Crippen LogP contribution in [0.15, 0.2) is 35.3 Å². The molecule has 0 saturated carbocycles. The van der Waals surface area contributed by atoms with E-state index in [2.05, 4.69) is 16.6 Å². The quantitative estimate of drug-likeness (QED) is 0.781. The van der Waals surface area contributed by atoms with Gasteiger partial charge in [-0.15, -0.1) is 0 Å². The molecule has 1 N–H and O–H groups in total. The maximum atomic E-state index is 12.8. The Kier molecular flexibility index (Phi) is 5.47. The number of carbonyl (C=O) groups is 1. The zero-order valence-corrected chi connectivity index (χ0v) is 15.8. The topological polar surface area (TPSA) is 97.4 Å². The van der Waals surface area contributed by atoms with Crippen LogP contribution in [0.3, 0.4) is 0 Å². The summed E-state index contributed by atoms with van der Waals surface area (Å²) in [6, 6.07) is 3.19. The van der Waals surface area contributed by atoms with Crippen LogP contribution in [0.2, 0.25) is 0 Å². The smallest absolute Gasteiger partial charge is 0.289 e. The van der Waals surface area contributed by atoms with Crippen LogP contribution in [0, 0.1) is 5.92 Å². The maximum absolute atomic E-state index is 12.8. The molecule has 1 saturated heterocycles. The van der Waals surface area contributed by atoms with Gasteiger partial charge in [0.15, 0.2) is 5.76 Å². The zero-order valence-electron chi connectivity index (χ0n) is 15.0. The Labute approximate surface area is 153 Å². The van der Waals surface area contributed by atoms with Crippen LogP contribution in [0.4, 0.5) is 0 Å². The number of imidazole rings is 1. The molecule has 0 spiro atoms. The summed E-state index contributed by atoms with van der Waals surface area (Å²) in [4.78, 5) is 18.4. The Morgan fingerprint density at radius 3 is 2.85 bits per heavy atom. The molecule has 9 heteroatoms. The molecule has 142 valence electrons. The Bertz CT molecular complexity index is 844. The first-order valence-electron chi connectivity index (χ1n) is 8.66. The lowest BCUT2D eigenvalue weighted by atomic mass is 9.99. The van der Waals surface area contributed by atoms with Crippen molar-refractivity contribution >= 4 is 15.9 Å². The third kappa shape index (κ3) is 4.53. The molecular weight excluding hydrogens is 356 g/mol. The highest BCUT2D eigenvalue weighted by Gasteiger charge is 2.37. The molecule has 0 aliphatic carbocycles. The standard InChI is InChI=1S/C17H24N4O4S/c1-3-4-13-9-21(11-15(13)19-26(2,23)24)17(22)16-6-5-14(25-16)10-20-8-7-18-12-20/h5-8,12-13,15,19H,3-4,9-11H2,1-2H3. The fraction of sp³-hybridized carbons (Fsp3) is 0.529. The molecular formula is C17H24N4O4S. The summed E-state index contributed by atoms with van der Waals surface area (Å²) >= 11 is 0. The second kappa shape index (κ2) is 7.63. The molecule has 2 aromatic rings. The van der Waals surface area contributed by atoms with Gasteiger partial charge in [0, 0.05) is 31.5 Å². The molecule has 2 aromatic heterocycles. The SMILES string of the molecule is CCCC1CN(C(=O)c2ccc(Cn3ccnc3)o2)CC1NS(C)(=O)=O. The normalized spacial score (nSPS) is 20.6. The highest BCUT2D eigenvalue weighted by molar-refractivity contribution is 7.88. The number of rotatable bonds is 7. The van der Waals surface area contributed by atoms with Gasteiger partial charge in [0.05, 0.1) is 19.1 Å². The minimum atomic E-state index is -3.32. The van der Waals surface area contributed by atoms with Gasteiger partial charge in [0.25, 0.3) is 5.91 Å². The third-order valence-electron chi connectivity index (χ3n) is 4.52. The molecule has 8 nitrogen and oxygen atoms in total. The minimum absolute atomic E-state index is 0.110. The maximum Gasteiger partial charge on any atom is 0.289 e. The van der Waals surface area contributed by atoms with Crippen molar-refractivity contribution in [2.24, 2.45) is 5.92 Å². The number of furan rings is 1. The van der Waals surface area contributed by atoms with E-state index in [0.717, 1.165) is 19.1 Å². The lowest BCUT2D eigenvalue weighted by molar-refractivity contribution is 0.0751. The minimum Gasteiger partial charge on any atom is -0.454 e. The first kappa shape index (κ1) is 18.7. The number of sulfonamides is 1. The van der Waals surface area contributed by atoms with E-state index in [4.69, 9.17) is 4.42 Å². The Morgan fingerprint density at radius 1 is 1.38 bits per heavy atom. The molecule has 1 amide bonds. The van der Waals surface area contributed by atoms with E-state index in [1.165, 1.54) is 0 Å². The second-order valence-corrected chi connectivity index (χ2v) is 8.54. The van der Waals surface area contributed by atoms with Crippen molar-refractivity contribution in [2.75, 3.05) is 19.3 Å². The van der Waals surface area contributed by atoms with E-state index in [1.54, 1.807) is 29.6 Å². The summed E-state index contributed by atoms with van der Waals surface area (Å²) in [5, 5.41) is 0. The van der Waals surface area contributed by atoms with E-state index in [-0.39, 0.29) is 23.6 Å². The van der Waals surface area contributed by atoms with Gasteiger partial charge in [0.2, 0.25) is 10.0 Å². The van der Waals surface area contributed by atoms with Crippen LogP contribution in [-0.2, 0) is 16.6 Å². The van der Waals surface area contributed by atoms with Crippen LogP contribution in [0.25, 0.3) is 0 Å². The van der Waals surface area contributed by atoms with Crippen molar-refractivity contribution in [3.8, 4) is 0 Å². The fourth-order valence-electron chi connectivity index (χ4n) is 3.40. The number of nitrogens with zero attached hydrogens (tertiary/aromatic N) is 3. The molecule has 26 heavy (non-hydrogen) atoms. The average molecular weight is 380 g/mol. The lowest BCUT2D eigenvalue weighted by Crippen LogP contribution is -2.40. The Morgan fingerprint density at radius 2 is 2.19 bits per heavy atom. The van der Waals surface area contributed by atoms with Crippen LogP contribution in [-0.4, -0.2) is 54.2 Å². The molecule has 0 bridgehead atoms. The predicted octanol–water partition coefficient (Wildman–Crippen LogP) is 1.31. The van der Waals surface area contributed by atoms with Crippen LogP contribution < -0.4 is 4.72 Å². The second-order valence-electron chi connectivity index (χ2n) is 6.76. The summed E-state index contributed by atoms with van der Waals surface area (Å²) in [5.74, 6) is 0.844. The van der Waals surface area contributed by atoms with Gasteiger partial charge in [-0.1, -0.05) is 13.3 Å². The van der Waals surface area contributed by atoms with Crippen LogP contribution in [0.1, 0.15) is 36.1 Å². The highest BCUT2D eigenvalue weighted by Crippen LogP contribution is 2.24. The van der Waals surface area contributed by atoms with Crippen molar-refractivity contribution in [3.05, 3.63) is 42.4 Å². The largest absolute Gasteiger partial charge is 0.454 e. The third-order valence-corrected chi connectivity index (χ3v) is 5.25. The summed E-state index contributed by atoms with van der Waals surface area (Å²) in [6.07, 6.45) is 8.13. The van der Waals surface area contributed by atoms with Crippen molar-refractivity contribution < 1.29 is 17.6 Å². The Hall–Kier alpha value is -2.13. The van der Waals surface area contributed by atoms with Crippen molar-refractivity contribution in [1.82, 2.24) is 19.2 Å². The molecule has 2 unspecified atom stereocenters. The van der Waals surface area contributed by atoms with Crippen molar-refractivity contribution in [3.63, 3.8) is 0 Å².